The number of carbonyl (C=O) groups excluding carboxylic acids is 1. The molecule has 0 aromatic heterocycles. The summed E-state index contributed by atoms with van der Waals surface area (Å²) >= 11 is 0. The Labute approximate surface area is 129 Å². The van der Waals surface area contributed by atoms with Crippen LogP contribution in [0.25, 0.3) is 11.1 Å². The molecule has 0 aliphatic heterocycles. The van der Waals surface area contributed by atoms with Gasteiger partial charge in [0.05, 0.1) is 0 Å². The van der Waals surface area contributed by atoms with Gasteiger partial charge in [0, 0.05) is 11.6 Å². The Kier molecular flexibility index (Phi) is 5.74. The van der Waals surface area contributed by atoms with Crippen LogP contribution in [-0.2, 0) is 9.53 Å². The fraction of sp³-hybridized carbons (Fsp3) is 0.167. The molecule has 1 atom stereocenters. The van der Waals surface area contributed by atoms with Crippen LogP contribution < -0.4 is 4.74 Å². The molecule has 2 rings (SSSR count). The normalized spacial score (nSPS) is 11.5. The van der Waals surface area contributed by atoms with Crippen molar-refractivity contribution in [2.24, 2.45) is 0 Å². The molecule has 0 aliphatic carbocycles. The quantitative estimate of drug-likeness (QED) is 0.631. The van der Waals surface area contributed by atoms with E-state index < -0.39 is 12.1 Å². The van der Waals surface area contributed by atoms with E-state index in [0.717, 1.165) is 17.2 Å². The van der Waals surface area contributed by atoms with Crippen LogP contribution in [-0.4, -0.2) is 30.4 Å². The molecular formula is C18H18O4. The molecule has 4 nitrogen and oxygen atoms in total. The third kappa shape index (κ3) is 4.46. The number of para-hydroxylation sites is 1. The van der Waals surface area contributed by atoms with Gasteiger partial charge in [0.15, 0.2) is 0 Å². The number of carbonyl (C=O) groups is 1. The lowest BCUT2D eigenvalue weighted by Gasteiger charge is -2.15. The summed E-state index contributed by atoms with van der Waals surface area (Å²) in [7, 11) is 0. The van der Waals surface area contributed by atoms with Crippen molar-refractivity contribution < 1.29 is 19.4 Å². The largest absolute Gasteiger partial charge is 0.490 e. The average Bonchev–Trinajstić information content (AvgIpc) is 2.58. The molecule has 0 bridgehead atoms. The topological polar surface area (TPSA) is 55.8 Å². The van der Waals surface area contributed by atoms with Crippen LogP contribution >= 0.6 is 0 Å². The van der Waals surface area contributed by atoms with Crippen molar-refractivity contribution in [1.82, 2.24) is 0 Å². The molecule has 0 heterocycles. The monoisotopic (exact) mass is 298 g/mol. The van der Waals surface area contributed by atoms with Crippen molar-refractivity contribution >= 4 is 5.97 Å². The van der Waals surface area contributed by atoms with Gasteiger partial charge in [-0.3, -0.25) is 0 Å². The molecule has 0 fully saturated rings. The summed E-state index contributed by atoms with van der Waals surface area (Å²) in [4.78, 5) is 10.9. The maximum atomic E-state index is 10.9. The summed E-state index contributed by atoms with van der Waals surface area (Å²) in [6.45, 7) is 3.20. The second-order valence-corrected chi connectivity index (χ2v) is 4.66. The molecule has 0 saturated carbocycles. The number of rotatable bonds is 7. The number of hydrogen-bond acceptors (Lipinski definition) is 4. The van der Waals surface area contributed by atoms with Gasteiger partial charge in [0.2, 0.25) is 0 Å². The minimum Gasteiger partial charge on any atom is -0.490 e. The maximum Gasteiger partial charge on any atom is 0.330 e. The van der Waals surface area contributed by atoms with Gasteiger partial charge in [-0.15, -0.1) is 0 Å². The molecule has 4 heteroatoms. The summed E-state index contributed by atoms with van der Waals surface area (Å²) in [5, 5.41) is 9.78. The molecule has 0 radical (unpaired) electrons. The first-order valence-corrected chi connectivity index (χ1v) is 6.95. The Balaban J connectivity index is 1.99. The highest BCUT2D eigenvalue weighted by molar-refractivity contribution is 5.81. The van der Waals surface area contributed by atoms with Crippen molar-refractivity contribution in [3.63, 3.8) is 0 Å². The van der Waals surface area contributed by atoms with Gasteiger partial charge in [-0.1, -0.05) is 55.1 Å². The van der Waals surface area contributed by atoms with E-state index in [2.05, 4.69) is 6.58 Å². The van der Waals surface area contributed by atoms with E-state index in [9.17, 15) is 9.90 Å². The fourth-order valence-electron chi connectivity index (χ4n) is 1.92. The summed E-state index contributed by atoms with van der Waals surface area (Å²) in [5.74, 6) is 0.103. The minimum absolute atomic E-state index is 0.0360. The number of esters is 1. The lowest BCUT2D eigenvalue weighted by atomic mass is 10.1. The van der Waals surface area contributed by atoms with Crippen molar-refractivity contribution in [2.75, 3.05) is 13.2 Å². The lowest BCUT2D eigenvalue weighted by molar-refractivity contribution is -0.141. The van der Waals surface area contributed by atoms with E-state index in [-0.39, 0.29) is 13.2 Å². The Morgan fingerprint density at radius 2 is 1.77 bits per heavy atom. The maximum absolute atomic E-state index is 10.9. The third-order valence-electron chi connectivity index (χ3n) is 2.99. The van der Waals surface area contributed by atoms with E-state index in [1.165, 1.54) is 0 Å². The van der Waals surface area contributed by atoms with E-state index in [0.29, 0.717) is 5.75 Å². The number of benzene rings is 2. The zero-order chi connectivity index (χ0) is 15.8. The summed E-state index contributed by atoms with van der Waals surface area (Å²) < 4.78 is 10.4. The SMILES string of the molecule is C=CC(=O)OC[C@@H](O)COc1ccccc1-c1ccccc1. The fourth-order valence-corrected chi connectivity index (χ4v) is 1.92. The van der Waals surface area contributed by atoms with Gasteiger partial charge in [-0.05, 0) is 11.6 Å². The molecule has 0 aliphatic rings. The van der Waals surface area contributed by atoms with Crippen LogP contribution in [0.1, 0.15) is 0 Å². The zero-order valence-corrected chi connectivity index (χ0v) is 12.1. The van der Waals surface area contributed by atoms with Gasteiger partial charge in [-0.25, -0.2) is 4.79 Å². The van der Waals surface area contributed by atoms with E-state index in [1.54, 1.807) is 0 Å². The highest BCUT2D eigenvalue weighted by Gasteiger charge is 2.10. The Bertz CT molecular complexity index is 622. The minimum atomic E-state index is -0.896. The predicted molar refractivity (Wildman–Crippen MR) is 84.5 cm³/mol. The summed E-state index contributed by atoms with van der Waals surface area (Å²) in [6.07, 6.45) is 0.158. The van der Waals surface area contributed by atoms with E-state index in [4.69, 9.17) is 9.47 Å². The van der Waals surface area contributed by atoms with Crippen LogP contribution in [0.4, 0.5) is 0 Å². The summed E-state index contributed by atoms with van der Waals surface area (Å²) in [6, 6.07) is 17.4. The van der Waals surface area contributed by atoms with Gasteiger partial charge in [-0.2, -0.15) is 0 Å². The molecule has 0 saturated heterocycles. The number of hydrogen-bond donors (Lipinski definition) is 1. The van der Waals surface area contributed by atoms with Crippen LogP contribution in [0.2, 0.25) is 0 Å². The average molecular weight is 298 g/mol. The Morgan fingerprint density at radius 1 is 1.09 bits per heavy atom. The molecule has 0 amide bonds. The van der Waals surface area contributed by atoms with Crippen molar-refractivity contribution in [3.05, 3.63) is 67.3 Å². The molecule has 2 aromatic rings. The first-order valence-electron chi connectivity index (χ1n) is 6.95. The Hall–Kier alpha value is -2.59. The van der Waals surface area contributed by atoms with Crippen molar-refractivity contribution in [3.8, 4) is 16.9 Å². The van der Waals surface area contributed by atoms with E-state index in [1.807, 2.05) is 54.6 Å². The third-order valence-corrected chi connectivity index (χ3v) is 2.99. The first kappa shape index (κ1) is 15.8. The smallest absolute Gasteiger partial charge is 0.330 e. The number of ether oxygens (including phenoxy) is 2. The number of aliphatic hydroxyl groups excluding tert-OH is 1. The van der Waals surface area contributed by atoms with Crippen molar-refractivity contribution in [1.29, 1.82) is 0 Å². The predicted octanol–water partition coefficient (Wildman–Crippen LogP) is 2.82. The zero-order valence-electron chi connectivity index (χ0n) is 12.1. The summed E-state index contributed by atoms with van der Waals surface area (Å²) in [5.41, 5.74) is 1.98. The second kappa shape index (κ2) is 8.00. The first-order chi connectivity index (χ1) is 10.7. The van der Waals surface area contributed by atoms with Gasteiger partial charge in [0.25, 0.3) is 0 Å². The van der Waals surface area contributed by atoms with Crippen LogP contribution in [0.5, 0.6) is 5.75 Å². The molecule has 0 unspecified atom stereocenters. The molecule has 0 spiro atoms. The van der Waals surface area contributed by atoms with Gasteiger partial charge >= 0.3 is 5.97 Å². The van der Waals surface area contributed by atoms with E-state index >= 15 is 0 Å². The van der Waals surface area contributed by atoms with Crippen molar-refractivity contribution in [2.45, 2.75) is 6.10 Å². The molecule has 22 heavy (non-hydrogen) atoms. The van der Waals surface area contributed by atoms with Gasteiger partial charge in [0.1, 0.15) is 25.1 Å². The van der Waals surface area contributed by atoms with Crippen LogP contribution in [0, 0.1) is 0 Å². The molecule has 1 N–H and O–H groups in total. The standard InChI is InChI=1S/C18H18O4/c1-2-18(20)22-13-15(19)12-21-17-11-7-6-10-16(17)14-8-4-3-5-9-14/h2-11,15,19H,1,12-13H2/t15-/m0/s1. The number of aliphatic hydroxyl groups is 1. The molecular weight excluding hydrogens is 280 g/mol. The highest BCUT2D eigenvalue weighted by atomic mass is 16.5. The van der Waals surface area contributed by atoms with Crippen LogP contribution in [0.15, 0.2) is 67.3 Å². The Morgan fingerprint density at radius 3 is 2.50 bits per heavy atom. The van der Waals surface area contributed by atoms with Gasteiger partial charge < -0.3 is 14.6 Å². The molecule has 2 aromatic carbocycles. The second-order valence-electron chi connectivity index (χ2n) is 4.66. The molecule has 114 valence electrons. The lowest BCUT2D eigenvalue weighted by Crippen LogP contribution is -2.24. The van der Waals surface area contributed by atoms with Crippen LogP contribution in [0.3, 0.4) is 0 Å². The highest BCUT2D eigenvalue weighted by Crippen LogP contribution is 2.29.